The topological polar surface area (TPSA) is 32.6 Å². The van der Waals surface area contributed by atoms with E-state index in [0.717, 1.165) is 10.0 Å². The molecule has 0 unspecified atom stereocenters. The van der Waals surface area contributed by atoms with E-state index in [4.69, 9.17) is 16.8 Å². The van der Waals surface area contributed by atoms with E-state index in [2.05, 4.69) is 21.1 Å². The van der Waals surface area contributed by atoms with Crippen molar-refractivity contribution < 1.29 is 5.21 Å². The Bertz CT molecular complexity index is 288. The molecule has 0 aliphatic heterocycles. The molecular formula is C7H5BrClNO. The maximum Gasteiger partial charge on any atom is 0.0734 e. The summed E-state index contributed by atoms with van der Waals surface area (Å²) in [6, 6.07) is 5.28. The molecule has 0 bridgehead atoms. The van der Waals surface area contributed by atoms with Gasteiger partial charge in [0.05, 0.1) is 11.2 Å². The molecule has 0 amide bonds. The van der Waals surface area contributed by atoms with Gasteiger partial charge in [-0.05, 0) is 33.6 Å². The van der Waals surface area contributed by atoms with Crippen molar-refractivity contribution in [2.75, 3.05) is 0 Å². The standard InChI is InChI=1S/C7H5BrClNO/c8-6-2-1-5(4-10-11)3-7(6)9/h1-4,11H/b10-4+. The number of oxime groups is 1. The van der Waals surface area contributed by atoms with Gasteiger partial charge in [-0.15, -0.1) is 0 Å². The summed E-state index contributed by atoms with van der Waals surface area (Å²) >= 11 is 9.00. The van der Waals surface area contributed by atoms with Gasteiger partial charge in [-0.25, -0.2) is 0 Å². The zero-order valence-corrected chi connectivity index (χ0v) is 7.80. The Balaban J connectivity index is 3.05. The van der Waals surface area contributed by atoms with Crippen molar-refractivity contribution in [2.24, 2.45) is 5.16 Å². The molecule has 0 saturated heterocycles. The maximum absolute atomic E-state index is 8.19. The molecule has 0 aliphatic carbocycles. The van der Waals surface area contributed by atoms with Crippen molar-refractivity contribution in [1.82, 2.24) is 0 Å². The Morgan fingerprint density at radius 2 is 2.27 bits per heavy atom. The van der Waals surface area contributed by atoms with E-state index in [1.807, 2.05) is 0 Å². The highest BCUT2D eigenvalue weighted by Gasteiger charge is 1.95. The van der Waals surface area contributed by atoms with Crippen LogP contribution in [0.2, 0.25) is 5.02 Å². The van der Waals surface area contributed by atoms with Crippen molar-refractivity contribution in [2.45, 2.75) is 0 Å². The lowest BCUT2D eigenvalue weighted by Crippen LogP contribution is -1.80. The second-order valence-electron chi connectivity index (χ2n) is 1.92. The van der Waals surface area contributed by atoms with Gasteiger partial charge in [-0.1, -0.05) is 22.8 Å². The number of halogens is 2. The normalized spacial score (nSPS) is 10.7. The summed E-state index contributed by atoms with van der Waals surface area (Å²) in [6.07, 6.45) is 1.32. The zero-order valence-electron chi connectivity index (χ0n) is 5.46. The van der Waals surface area contributed by atoms with E-state index in [9.17, 15) is 0 Å². The number of benzene rings is 1. The van der Waals surface area contributed by atoms with Gasteiger partial charge in [0.1, 0.15) is 0 Å². The summed E-state index contributed by atoms with van der Waals surface area (Å²) in [4.78, 5) is 0. The Morgan fingerprint density at radius 3 is 2.82 bits per heavy atom. The first-order chi connectivity index (χ1) is 5.24. The minimum absolute atomic E-state index is 0.599. The SMILES string of the molecule is O/N=C/c1ccc(Br)c(Cl)c1. The predicted octanol–water partition coefficient (Wildman–Crippen LogP) is 2.91. The average Bonchev–Trinajstić information content (AvgIpc) is 1.98. The van der Waals surface area contributed by atoms with Gasteiger partial charge in [-0.3, -0.25) is 0 Å². The molecule has 1 rings (SSSR count). The number of hydrogen-bond donors (Lipinski definition) is 1. The molecule has 11 heavy (non-hydrogen) atoms. The van der Waals surface area contributed by atoms with Crippen LogP contribution in [0, 0.1) is 0 Å². The van der Waals surface area contributed by atoms with Crippen LogP contribution in [0.5, 0.6) is 0 Å². The van der Waals surface area contributed by atoms with Crippen molar-refractivity contribution in [1.29, 1.82) is 0 Å². The highest BCUT2D eigenvalue weighted by atomic mass is 79.9. The smallest absolute Gasteiger partial charge is 0.0734 e. The van der Waals surface area contributed by atoms with Crippen LogP contribution in [0.1, 0.15) is 5.56 Å². The lowest BCUT2D eigenvalue weighted by molar-refractivity contribution is 0.322. The van der Waals surface area contributed by atoms with Crippen molar-refractivity contribution in [3.05, 3.63) is 33.3 Å². The number of rotatable bonds is 1. The molecule has 0 spiro atoms. The van der Waals surface area contributed by atoms with Crippen molar-refractivity contribution >= 4 is 33.7 Å². The van der Waals surface area contributed by atoms with Crippen LogP contribution in [0.3, 0.4) is 0 Å². The molecule has 0 fully saturated rings. The molecule has 0 heterocycles. The van der Waals surface area contributed by atoms with Gasteiger partial charge in [0.2, 0.25) is 0 Å². The minimum Gasteiger partial charge on any atom is -0.411 e. The van der Waals surface area contributed by atoms with Gasteiger partial charge in [0.15, 0.2) is 0 Å². The predicted molar refractivity (Wildman–Crippen MR) is 48.5 cm³/mol. The molecule has 58 valence electrons. The first kappa shape index (κ1) is 8.56. The van der Waals surface area contributed by atoms with Crippen molar-refractivity contribution in [3.63, 3.8) is 0 Å². The third-order valence-electron chi connectivity index (χ3n) is 1.15. The molecule has 0 radical (unpaired) electrons. The van der Waals surface area contributed by atoms with Gasteiger partial charge in [0, 0.05) is 4.47 Å². The summed E-state index contributed by atoms with van der Waals surface area (Å²) in [5, 5.41) is 11.7. The largest absolute Gasteiger partial charge is 0.411 e. The Morgan fingerprint density at radius 1 is 1.55 bits per heavy atom. The fraction of sp³-hybridized carbons (Fsp3) is 0. The summed E-state index contributed by atoms with van der Waals surface area (Å²) in [5.74, 6) is 0. The van der Waals surface area contributed by atoms with E-state index >= 15 is 0 Å². The van der Waals surface area contributed by atoms with Crippen molar-refractivity contribution in [3.8, 4) is 0 Å². The van der Waals surface area contributed by atoms with Gasteiger partial charge < -0.3 is 5.21 Å². The number of hydrogen-bond acceptors (Lipinski definition) is 2. The molecule has 1 N–H and O–H groups in total. The lowest BCUT2D eigenvalue weighted by Gasteiger charge is -1.95. The van der Waals surface area contributed by atoms with E-state index in [1.165, 1.54) is 6.21 Å². The highest BCUT2D eigenvalue weighted by molar-refractivity contribution is 9.10. The molecule has 2 nitrogen and oxygen atoms in total. The summed E-state index contributed by atoms with van der Waals surface area (Å²) in [5.41, 5.74) is 0.765. The molecule has 1 aromatic rings. The van der Waals surface area contributed by atoms with Crippen LogP contribution in [0.25, 0.3) is 0 Å². The zero-order chi connectivity index (χ0) is 8.27. The Kier molecular flexibility index (Phi) is 2.91. The molecule has 4 heteroatoms. The summed E-state index contributed by atoms with van der Waals surface area (Å²) < 4.78 is 0.828. The molecule has 0 aliphatic rings. The Hall–Kier alpha value is -0.540. The van der Waals surface area contributed by atoms with E-state index < -0.39 is 0 Å². The second-order valence-corrected chi connectivity index (χ2v) is 3.18. The van der Waals surface area contributed by atoms with E-state index in [-0.39, 0.29) is 0 Å². The Labute approximate surface area is 77.6 Å². The minimum atomic E-state index is 0.599. The number of nitrogens with zero attached hydrogens (tertiary/aromatic N) is 1. The van der Waals surface area contributed by atoms with Gasteiger partial charge >= 0.3 is 0 Å². The maximum atomic E-state index is 8.19. The first-order valence-electron chi connectivity index (χ1n) is 2.86. The highest BCUT2D eigenvalue weighted by Crippen LogP contribution is 2.22. The van der Waals surface area contributed by atoms with Crippen LogP contribution in [0.15, 0.2) is 27.8 Å². The van der Waals surface area contributed by atoms with E-state index in [0.29, 0.717) is 5.02 Å². The fourth-order valence-electron chi connectivity index (χ4n) is 0.659. The van der Waals surface area contributed by atoms with Crippen LogP contribution in [-0.4, -0.2) is 11.4 Å². The molecule has 0 aromatic heterocycles. The fourth-order valence-corrected chi connectivity index (χ4v) is 1.09. The molecule has 1 aromatic carbocycles. The van der Waals surface area contributed by atoms with Gasteiger partial charge in [-0.2, -0.15) is 0 Å². The average molecular weight is 234 g/mol. The molecular weight excluding hydrogens is 229 g/mol. The van der Waals surface area contributed by atoms with Crippen LogP contribution < -0.4 is 0 Å². The van der Waals surface area contributed by atoms with Crippen LogP contribution in [-0.2, 0) is 0 Å². The summed E-state index contributed by atoms with van der Waals surface area (Å²) in [6.45, 7) is 0. The van der Waals surface area contributed by atoms with Crippen LogP contribution >= 0.6 is 27.5 Å². The first-order valence-corrected chi connectivity index (χ1v) is 4.03. The lowest BCUT2D eigenvalue weighted by atomic mass is 10.2. The van der Waals surface area contributed by atoms with Gasteiger partial charge in [0.25, 0.3) is 0 Å². The molecule has 0 saturated carbocycles. The monoisotopic (exact) mass is 233 g/mol. The van der Waals surface area contributed by atoms with E-state index in [1.54, 1.807) is 18.2 Å². The quantitative estimate of drug-likeness (QED) is 0.452. The molecule has 0 atom stereocenters. The van der Waals surface area contributed by atoms with Crippen LogP contribution in [0.4, 0.5) is 0 Å². The second kappa shape index (κ2) is 3.74. The third-order valence-corrected chi connectivity index (χ3v) is 2.38. The third kappa shape index (κ3) is 2.20. The summed E-state index contributed by atoms with van der Waals surface area (Å²) in [7, 11) is 0.